The number of rotatable bonds is 14. The molecule has 0 aliphatic heterocycles. The molecule has 0 atom stereocenters. The third-order valence-corrected chi connectivity index (χ3v) is 15.7. The van der Waals surface area contributed by atoms with E-state index in [1.165, 1.54) is 0 Å². The van der Waals surface area contributed by atoms with Crippen molar-refractivity contribution in [3.63, 3.8) is 0 Å². The number of nitriles is 2. The standard InChI is InChI=1S/C68H44N6OS2/c69-45-53(43-47-21-33-59(34-22-47)73(55-13-5-1-6-14-55)56-15-7-2-8-16-56)49-25-29-51(30-26-49)63-39-41-65(76-63)61-37-38-62(68-67(61)71-75-72-68)66-42-40-64(77-66)52-31-27-50(28-32-52)54(46-70)44-48-23-35-60(36-24-48)74(57-17-9-3-10-18-57)58-19-11-4-12-20-58/h1-44H/b53-43+,54-44+. The predicted octanol–water partition coefficient (Wildman–Crippen LogP) is 19.1. The lowest BCUT2D eigenvalue weighted by atomic mass is 10.0. The van der Waals surface area contributed by atoms with Crippen molar-refractivity contribution in [1.82, 2.24) is 10.3 Å². The molecule has 77 heavy (non-hydrogen) atoms. The van der Waals surface area contributed by atoms with Crippen LogP contribution in [0.25, 0.3) is 76.1 Å². The Kier molecular flexibility index (Phi) is 13.5. The van der Waals surface area contributed by atoms with Crippen molar-refractivity contribution in [3.05, 3.63) is 277 Å². The lowest BCUT2D eigenvalue weighted by Crippen LogP contribution is -2.09. The van der Waals surface area contributed by atoms with E-state index in [2.05, 4.69) is 190 Å². The number of hydrogen-bond donors (Lipinski definition) is 0. The summed E-state index contributed by atoms with van der Waals surface area (Å²) in [5, 5.41) is 29.4. The summed E-state index contributed by atoms with van der Waals surface area (Å²) in [5.74, 6) is 0. The first-order chi connectivity index (χ1) is 38.1. The Labute approximate surface area is 454 Å². The SMILES string of the molecule is N#C/C(=C\c1ccc(N(c2ccccc2)c2ccccc2)cc1)c1ccc(-c2ccc(-c3ccc(-c4ccc(-c5ccc(/C(C#N)=C/c6ccc(N(c7ccccc7)c7ccccc7)cc6)cc5)s4)c4nonc34)s2)cc1. The van der Waals surface area contributed by atoms with Gasteiger partial charge in [0.15, 0.2) is 0 Å². The van der Waals surface area contributed by atoms with E-state index in [9.17, 15) is 10.5 Å². The van der Waals surface area contributed by atoms with E-state index >= 15 is 0 Å². The average Bonchev–Trinajstić information content (AvgIpc) is 4.32. The molecule has 3 aromatic heterocycles. The van der Waals surface area contributed by atoms with Crippen LogP contribution in [0.2, 0.25) is 0 Å². The van der Waals surface area contributed by atoms with Crippen LogP contribution >= 0.6 is 22.7 Å². The molecule has 0 radical (unpaired) electrons. The molecular weight excluding hydrogens is 981 g/mol. The lowest BCUT2D eigenvalue weighted by molar-refractivity contribution is 0.315. The molecule has 3 heterocycles. The van der Waals surface area contributed by atoms with Gasteiger partial charge in [-0.3, -0.25) is 0 Å². The summed E-state index contributed by atoms with van der Waals surface area (Å²) in [5.41, 5.74) is 16.5. The number of benzene rings is 9. The summed E-state index contributed by atoms with van der Waals surface area (Å²) < 4.78 is 5.40. The maximum absolute atomic E-state index is 10.3. The van der Waals surface area contributed by atoms with Gasteiger partial charge in [0.1, 0.15) is 11.0 Å². The van der Waals surface area contributed by atoms with Gasteiger partial charge in [-0.15, -0.1) is 22.7 Å². The van der Waals surface area contributed by atoms with E-state index in [-0.39, 0.29) is 0 Å². The van der Waals surface area contributed by atoms with Crippen molar-refractivity contribution < 1.29 is 4.63 Å². The second-order valence-electron chi connectivity index (χ2n) is 18.1. The largest absolute Gasteiger partial charge is 0.311 e. The van der Waals surface area contributed by atoms with E-state index < -0.39 is 0 Å². The molecule has 0 aliphatic carbocycles. The monoisotopic (exact) mass is 1020 g/mol. The molecule has 0 N–H and O–H groups in total. The minimum Gasteiger partial charge on any atom is -0.311 e. The van der Waals surface area contributed by atoms with Gasteiger partial charge in [-0.2, -0.15) is 10.5 Å². The molecule has 0 fully saturated rings. The number of anilines is 6. The molecule has 364 valence electrons. The van der Waals surface area contributed by atoms with Crippen LogP contribution in [0.1, 0.15) is 22.3 Å². The molecule has 9 heteroatoms. The van der Waals surface area contributed by atoms with E-state index in [0.29, 0.717) is 22.2 Å². The molecule has 0 spiro atoms. The molecule has 7 nitrogen and oxygen atoms in total. The fourth-order valence-corrected chi connectivity index (χ4v) is 11.6. The van der Waals surface area contributed by atoms with Crippen LogP contribution in [0.15, 0.2) is 259 Å². The molecular formula is C68H44N6OS2. The van der Waals surface area contributed by atoms with Gasteiger partial charge in [-0.05, 0) is 153 Å². The second kappa shape index (κ2) is 21.7. The summed E-state index contributed by atoms with van der Waals surface area (Å²) in [6.45, 7) is 0. The highest BCUT2D eigenvalue weighted by atomic mass is 32.1. The lowest BCUT2D eigenvalue weighted by Gasteiger charge is -2.25. The first kappa shape index (κ1) is 47.8. The third-order valence-electron chi connectivity index (χ3n) is 13.3. The quantitative estimate of drug-likeness (QED) is 0.0791. The number of para-hydroxylation sites is 4. The van der Waals surface area contributed by atoms with Gasteiger partial charge in [0.05, 0.1) is 23.3 Å². The first-order valence-electron chi connectivity index (χ1n) is 25.0. The molecule has 0 amide bonds. The molecule has 0 saturated heterocycles. The Bertz CT molecular complexity index is 3790. The Balaban J connectivity index is 0.726. The van der Waals surface area contributed by atoms with Crippen molar-refractivity contribution in [2.75, 3.05) is 9.80 Å². The number of aromatic nitrogens is 2. The normalized spacial score (nSPS) is 11.5. The Morgan fingerprint density at radius 1 is 0.351 bits per heavy atom. The van der Waals surface area contributed by atoms with Gasteiger partial charge in [0.2, 0.25) is 0 Å². The summed E-state index contributed by atoms with van der Waals surface area (Å²) in [6.07, 6.45) is 3.87. The van der Waals surface area contributed by atoms with Gasteiger partial charge in [0, 0.05) is 64.8 Å². The Hall–Kier alpha value is -10.2. The van der Waals surface area contributed by atoms with Gasteiger partial charge in [-0.1, -0.05) is 158 Å². The van der Waals surface area contributed by atoms with Crippen LogP contribution in [0.3, 0.4) is 0 Å². The smallest absolute Gasteiger partial charge is 0.144 e. The van der Waals surface area contributed by atoms with Crippen molar-refractivity contribution >= 4 is 91.1 Å². The van der Waals surface area contributed by atoms with E-state index in [4.69, 9.17) is 4.63 Å². The first-order valence-corrected chi connectivity index (χ1v) is 26.6. The van der Waals surface area contributed by atoms with Crippen LogP contribution in [-0.2, 0) is 0 Å². The fourth-order valence-electron chi connectivity index (χ4n) is 9.50. The molecule has 9 aromatic carbocycles. The van der Waals surface area contributed by atoms with E-state index in [1.54, 1.807) is 22.7 Å². The highest BCUT2D eigenvalue weighted by Gasteiger charge is 2.19. The highest BCUT2D eigenvalue weighted by molar-refractivity contribution is 7.19. The maximum atomic E-state index is 10.3. The summed E-state index contributed by atoms with van der Waals surface area (Å²) in [6, 6.07) is 91.7. The minimum absolute atomic E-state index is 0.586. The number of fused-ring (bicyclic) bond motifs is 1. The average molecular weight is 1030 g/mol. The number of allylic oxidation sites excluding steroid dienone is 2. The van der Waals surface area contributed by atoms with Crippen molar-refractivity contribution in [3.8, 4) is 53.9 Å². The second-order valence-corrected chi connectivity index (χ2v) is 20.3. The zero-order valence-electron chi connectivity index (χ0n) is 41.3. The highest BCUT2D eigenvalue weighted by Crippen LogP contribution is 2.43. The van der Waals surface area contributed by atoms with Crippen molar-refractivity contribution in [2.45, 2.75) is 0 Å². The Morgan fingerprint density at radius 3 is 0.987 bits per heavy atom. The van der Waals surface area contributed by atoms with Gasteiger partial charge in [-0.25, -0.2) is 4.63 Å². The molecule has 0 saturated carbocycles. The van der Waals surface area contributed by atoms with Crippen LogP contribution < -0.4 is 9.80 Å². The molecule has 12 aromatic rings. The fraction of sp³-hybridized carbons (Fsp3) is 0. The maximum Gasteiger partial charge on any atom is 0.144 e. The van der Waals surface area contributed by atoms with Crippen LogP contribution in [-0.4, -0.2) is 10.3 Å². The predicted molar refractivity (Wildman–Crippen MR) is 319 cm³/mol. The van der Waals surface area contributed by atoms with Crippen LogP contribution in [0.5, 0.6) is 0 Å². The third kappa shape index (κ3) is 10.1. The topological polar surface area (TPSA) is 93.0 Å². The van der Waals surface area contributed by atoms with Crippen molar-refractivity contribution in [2.24, 2.45) is 0 Å². The van der Waals surface area contributed by atoms with Gasteiger partial charge >= 0.3 is 0 Å². The van der Waals surface area contributed by atoms with Crippen molar-refractivity contribution in [1.29, 1.82) is 10.5 Å². The summed E-state index contributed by atoms with van der Waals surface area (Å²) >= 11 is 3.34. The molecule has 12 rings (SSSR count). The molecule has 0 bridgehead atoms. The molecule has 0 unspecified atom stereocenters. The zero-order chi connectivity index (χ0) is 51.9. The number of nitrogens with zero attached hydrogens (tertiary/aromatic N) is 6. The van der Waals surface area contributed by atoms with Gasteiger partial charge < -0.3 is 9.80 Å². The zero-order valence-corrected chi connectivity index (χ0v) is 42.9. The van der Waals surface area contributed by atoms with E-state index in [0.717, 1.165) is 98.1 Å². The van der Waals surface area contributed by atoms with Gasteiger partial charge in [0.25, 0.3) is 0 Å². The number of thiophene rings is 2. The van der Waals surface area contributed by atoms with Crippen LogP contribution in [0, 0.1) is 22.7 Å². The molecule has 0 aliphatic rings. The summed E-state index contributed by atoms with van der Waals surface area (Å²) in [7, 11) is 0. The van der Waals surface area contributed by atoms with E-state index in [1.807, 2.05) is 109 Å². The Morgan fingerprint density at radius 2 is 0.662 bits per heavy atom. The number of hydrogen-bond acceptors (Lipinski definition) is 9. The minimum atomic E-state index is 0.586. The summed E-state index contributed by atoms with van der Waals surface area (Å²) in [4.78, 5) is 8.71. The van der Waals surface area contributed by atoms with Crippen LogP contribution in [0.4, 0.5) is 34.1 Å².